The highest BCUT2D eigenvalue weighted by molar-refractivity contribution is 6.30. The van der Waals surface area contributed by atoms with Crippen molar-refractivity contribution in [3.63, 3.8) is 0 Å². The number of rotatable bonds is 5. The predicted octanol–water partition coefficient (Wildman–Crippen LogP) is 3.79. The van der Waals surface area contributed by atoms with Crippen LogP contribution in [0.1, 0.15) is 28.8 Å². The monoisotopic (exact) mass is 386 g/mol. The topological polar surface area (TPSA) is 84.5 Å². The number of amides is 2. The number of hydrogen-bond donors (Lipinski definition) is 2. The number of aryl methyl sites for hydroxylation is 1. The van der Waals surface area contributed by atoms with E-state index in [0.717, 1.165) is 5.56 Å². The van der Waals surface area contributed by atoms with Gasteiger partial charge in [0.05, 0.1) is 12.7 Å². The van der Waals surface area contributed by atoms with Crippen LogP contribution in [0.25, 0.3) is 0 Å². The van der Waals surface area contributed by atoms with Gasteiger partial charge in [0.25, 0.3) is 0 Å². The van der Waals surface area contributed by atoms with E-state index in [-0.39, 0.29) is 5.91 Å². The highest BCUT2D eigenvalue weighted by Crippen LogP contribution is 2.47. The van der Waals surface area contributed by atoms with Gasteiger partial charge in [-0.2, -0.15) is 0 Å². The lowest BCUT2D eigenvalue weighted by Gasteiger charge is -2.17. The molecule has 0 unspecified atom stereocenters. The molecule has 1 aliphatic carbocycles. The van der Waals surface area contributed by atoms with E-state index >= 15 is 0 Å². The first-order valence-corrected chi connectivity index (χ1v) is 8.81. The van der Waals surface area contributed by atoms with Crippen LogP contribution in [0.15, 0.2) is 42.5 Å². The molecule has 0 heterocycles. The molecule has 1 saturated carbocycles. The zero-order chi connectivity index (χ0) is 19.6. The Kier molecular flexibility index (Phi) is 5.19. The van der Waals surface area contributed by atoms with Gasteiger partial charge in [0, 0.05) is 16.4 Å². The second kappa shape index (κ2) is 7.40. The molecule has 2 aromatic rings. The largest absolute Gasteiger partial charge is 0.465 e. The summed E-state index contributed by atoms with van der Waals surface area (Å²) in [5, 5.41) is 6.12. The summed E-state index contributed by atoms with van der Waals surface area (Å²) in [5.41, 5.74) is 1.09. The van der Waals surface area contributed by atoms with Crippen molar-refractivity contribution >= 4 is 40.8 Å². The molecule has 1 aliphatic rings. The lowest BCUT2D eigenvalue weighted by Crippen LogP contribution is -2.35. The molecule has 0 atom stereocenters. The van der Waals surface area contributed by atoms with Gasteiger partial charge in [-0.3, -0.25) is 9.59 Å². The van der Waals surface area contributed by atoms with Crippen molar-refractivity contribution in [2.45, 2.75) is 19.8 Å². The van der Waals surface area contributed by atoms with Gasteiger partial charge in [0.1, 0.15) is 5.41 Å². The van der Waals surface area contributed by atoms with Crippen LogP contribution in [0.2, 0.25) is 5.02 Å². The summed E-state index contributed by atoms with van der Waals surface area (Å²) in [6, 6.07) is 11.5. The minimum absolute atomic E-state index is 0.321. The number of methoxy groups -OCH3 is 1. The molecule has 2 aromatic carbocycles. The molecule has 2 N–H and O–H groups in total. The molecule has 0 aliphatic heterocycles. The van der Waals surface area contributed by atoms with E-state index in [0.29, 0.717) is 34.8 Å². The maximum atomic E-state index is 12.7. The Hall–Kier alpha value is -2.86. The number of ether oxygens (including phenoxy) is 1. The Morgan fingerprint density at radius 3 is 2.37 bits per heavy atom. The molecule has 0 bridgehead atoms. The highest BCUT2D eigenvalue weighted by atomic mass is 35.5. The van der Waals surface area contributed by atoms with E-state index in [2.05, 4.69) is 15.4 Å². The van der Waals surface area contributed by atoms with Crippen molar-refractivity contribution in [2.24, 2.45) is 5.41 Å². The smallest absolute Gasteiger partial charge is 0.337 e. The molecular weight excluding hydrogens is 368 g/mol. The Morgan fingerprint density at radius 1 is 1.04 bits per heavy atom. The van der Waals surface area contributed by atoms with Gasteiger partial charge in [-0.1, -0.05) is 17.7 Å². The number of hydrogen-bond acceptors (Lipinski definition) is 4. The molecule has 0 spiro atoms. The van der Waals surface area contributed by atoms with Gasteiger partial charge in [0.15, 0.2) is 0 Å². The molecule has 0 radical (unpaired) electrons. The van der Waals surface area contributed by atoms with E-state index in [4.69, 9.17) is 11.6 Å². The van der Waals surface area contributed by atoms with Crippen LogP contribution < -0.4 is 10.6 Å². The summed E-state index contributed by atoms with van der Waals surface area (Å²) in [5.74, 6) is -1.24. The molecule has 3 rings (SSSR count). The third-order valence-corrected chi connectivity index (χ3v) is 4.83. The maximum Gasteiger partial charge on any atom is 0.337 e. The summed E-state index contributed by atoms with van der Waals surface area (Å²) in [6.45, 7) is 1.83. The van der Waals surface area contributed by atoms with Crippen LogP contribution in [0, 0.1) is 12.3 Å². The molecule has 1 fully saturated rings. The average molecular weight is 387 g/mol. The van der Waals surface area contributed by atoms with Crippen molar-refractivity contribution < 1.29 is 19.1 Å². The van der Waals surface area contributed by atoms with E-state index < -0.39 is 17.3 Å². The summed E-state index contributed by atoms with van der Waals surface area (Å²) in [7, 11) is 1.29. The van der Waals surface area contributed by atoms with Gasteiger partial charge >= 0.3 is 5.97 Å². The number of carbonyl (C=O) groups excluding carboxylic acids is 3. The van der Waals surface area contributed by atoms with Gasteiger partial charge in [-0.25, -0.2) is 4.79 Å². The third kappa shape index (κ3) is 3.95. The molecule has 0 aromatic heterocycles. The normalized spacial score (nSPS) is 14.2. The Bertz CT molecular complexity index is 922. The van der Waals surface area contributed by atoms with Gasteiger partial charge in [-0.05, 0) is 61.7 Å². The van der Waals surface area contributed by atoms with Crippen LogP contribution in [0.5, 0.6) is 0 Å². The maximum absolute atomic E-state index is 12.7. The number of nitrogens with one attached hydrogen (secondary N) is 2. The van der Waals surface area contributed by atoms with Crippen molar-refractivity contribution in [3.05, 3.63) is 58.6 Å². The standard InChI is InChI=1S/C20H19ClN2O4/c1-12-10-14(21)6-7-16(12)23-19(26)20(8-9-20)18(25)22-15-5-3-4-13(11-15)17(24)27-2/h3-7,10-11H,8-9H2,1-2H3,(H,22,25)(H,23,26). The molecule has 2 amide bonds. The third-order valence-electron chi connectivity index (χ3n) is 4.60. The first kappa shape index (κ1) is 18.9. The van der Waals surface area contributed by atoms with Crippen molar-refractivity contribution in [1.82, 2.24) is 0 Å². The number of esters is 1. The van der Waals surface area contributed by atoms with Gasteiger partial charge in [-0.15, -0.1) is 0 Å². The first-order chi connectivity index (χ1) is 12.9. The molecular formula is C20H19ClN2O4. The number of anilines is 2. The lowest BCUT2D eigenvalue weighted by molar-refractivity contribution is -0.131. The molecule has 27 heavy (non-hydrogen) atoms. The second-order valence-electron chi connectivity index (χ2n) is 6.52. The first-order valence-electron chi connectivity index (χ1n) is 8.43. The summed E-state index contributed by atoms with van der Waals surface area (Å²) < 4.78 is 4.67. The minimum atomic E-state index is -1.10. The van der Waals surface area contributed by atoms with Gasteiger partial charge < -0.3 is 15.4 Å². The molecule has 7 heteroatoms. The highest BCUT2D eigenvalue weighted by Gasteiger charge is 2.56. The minimum Gasteiger partial charge on any atom is -0.465 e. The van der Waals surface area contributed by atoms with E-state index in [9.17, 15) is 14.4 Å². The Balaban J connectivity index is 1.72. The summed E-state index contributed by atoms with van der Waals surface area (Å²) in [6.07, 6.45) is 0.933. The van der Waals surface area contributed by atoms with Crippen molar-refractivity contribution in [1.29, 1.82) is 0 Å². The Morgan fingerprint density at radius 2 is 1.74 bits per heavy atom. The lowest BCUT2D eigenvalue weighted by atomic mass is 10.0. The Labute approximate surface area is 161 Å². The fourth-order valence-corrected chi connectivity index (χ4v) is 3.01. The summed E-state index contributed by atoms with van der Waals surface area (Å²) in [4.78, 5) is 37.0. The van der Waals surface area contributed by atoms with Crippen molar-refractivity contribution in [3.8, 4) is 0 Å². The van der Waals surface area contributed by atoms with E-state index in [1.54, 1.807) is 36.4 Å². The quantitative estimate of drug-likeness (QED) is 0.604. The van der Waals surface area contributed by atoms with Gasteiger partial charge in [0.2, 0.25) is 11.8 Å². The average Bonchev–Trinajstić information content (AvgIpc) is 3.45. The SMILES string of the molecule is COC(=O)c1cccc(NC(=O)C2(C(=O)Nc3ccc(Cl)cc3C)CC2)c1. The van der Waals surface area contributed by atoms with E-state index in [1.165, 1.54) is 13.2 Å². The number of halogens is 1. The second-order valence-corrected chi connectivity index (χ2v) is 6.96. The zero-order valence-corrected chi connectivity index (χ0v) is 15.7. The number of carbonyl (C=O) groups is 3. The molecule has 0 saturated heterocycles. The summed E-state index contributed by atoms with van der Waals surface area (Å²) >= 11 is 5.93. The fraction of sp³-hybridized carbons (Fsp3) is 0.250. The van der Waals surface area contributed by atoms with Crippen LogP contribution >= 0.6 is 11.6 Å². The fourth-order valence-electron chi connectivity index (χ4n) is 2.78. The van der Waals surface area contributed by atoms with Crippen LogP contribution in [-0.4, -0.2) is 24.9 Å². The molecule has 140 valence electrons. The predicted molar refractivity (Wildman–Crippen MR) is 103 cm³/mol. The van der Waals surface area contributed by atoms with Crippen molar-refractivity contribution in [2.75, 3.05) is 17.7 Å². The zero-order valence-electron chi connectivity index (χ0n) is 15.0. The van der Waals surface area contributed by atoms with E-state index in [1.807, 2.05) is 6.92 Å². The van der Waals surface area contributed by atoms with Crippen LogP contribution in [-0.2, 0) is 14.3 Å². The van der Waals surface area contributed by atoms with Crippen LogP contribution in [0.3, 0.4) is 0 Å². The number of benzene rings is 2. The molecule has 6 nitrogen and oxygen atoms in total. The van der Waals surface area contributed by atoms with Crippen LogP contribution in [0.4, 0.5) is 11.4 Å².